The number of rotatable bonds is 2. The van der Waals surface area contributed by atoms with Gasteiger partial charge in [-0.25, -0.2) is 4.98 Å². The van der Waals surface area contributed by atoms with Gasteiger partial charge in [0.2, 0.25) is 0 Å². The minimum atomic E-state index is 0.502. The van der Waals surface area contributed by atoms with Gasteiger partial charge in [0, 0.05) is 32.2 Å². The Hall–Kier alpha value is -0.350. The Morgan fingerprint density at radius 3 is 3.06 bits per heavy atom. The highest BCUT2D eigenvalue weighted by molar-refractivity contribution is 6.32. The quantitative estimate of drug-likeness (QED) is 0.826. The second-order valence-electron chi connectivity index (χ2n) is 4.09. The van der Waals surface area contributed by atoms with Gasteiger partial charge in [0.05, 0.1) is 10.7 Å². The van der Waals surface area contributed by atoms with Crippen LogP contribution in [0, 0.1) is 0 Å². The molecule has 1 aromatic rings. The van der Waals surface area contributed by atoms with E-state index in [0.29, 0.717) is 16.2 Å². The third-order valence-electron chi connectivity index (χ3n) is 2.88. The minimum absolute atomic E-state index is 0.502. The Labute approximate surface area is 106 Å². The molecule has 0 bridgehead atoms. The van der Waals surface area contributed by atoms with Crippen LogP contribution in [0.25, 0.3) is 0 Å². The van der Waals surface area contributed by atoms with E-state index >= 15 is 0 Å². The van der Waals surface area contributed by atoms with Crippen molar-refractivity contribution in [1.29, 1.82) is 0 Å². The largest absolute Gasteiger partial charge is 0.314 e. The zero-order chi connectivity index (χ0) is 11.5. The van der Waals surface area contributed by atoms with Crippen molar-refractivity contribution < 1.29 is 0 Å². The standard InChI is InChI=1S/C11H15Cl2N3/c1-8-6-14-4-5-16(8)7-10-9(12)2-3-11(13)15-10/h2-3,8,14H,4-7H2,1H3/t8-/m0/s1. The van der Waals surface area contributed by atoms with Crippen LogP contribution in [0.2, 0.25) is 10.2 Å². The van der Waals surface area contributed by atoms with Gasteiger partial charge in [0.15, 0.2) is 0 Å². The van der Waals surface area contributed by atoms with E-state index in [1.54, 1.807) is 12.1 Å². The summed E-state index contributed by atoms with van der Waals surface area (Å²) in [6.07, 6.45) is 0. The van der Waals surface area contributed by atoms with Crippen molar-refractivity contribution in [2.24, 2.45) is 0 Å². The fraction of sp³-hybridized carbons (Fsp3) is 0.545. The SMILES string of the molecule is C[C@H]1CNCCN1Cc1nc(Cl)ccc1Cl. The van der Waals surface area contributed by atoms with E-state index in [1.165, 1.54) is 0 Å². The van der Waals surface area contributed by atoms with Gasteiger partial charge in [-0.1, -0.05) is 23.2 Å². The summed E-state index contributed by atoms with van der Waals surface area (Å²) >= 11 is 12.0. The van der Waals surface area contributed by atoms with Crippen molar-refractivity contribution >= 4 is 23.2 Å². The van der Waals surface area contributed by atoms with Crippen LogP contribution in [0.3, 0.4) is 0 Å². The van der Waals surface area contributed by atoms with Gasteiger partial charge in [0.25, 0.3) is 0 Å². The molecule has 88 valence electrons. The molecule has 5 heteroatoms. The summed E-state index contributed by atoms with van der Waals surface area (Å²) < 4.78 is 0. The van der Waals surface area contributed by atoms with E-state index in [-0.39, 0.29) is 0 Å². The predicted molar refractivity (Wildman–Crippen MR) is 67.0 cm³/mol. The summed E-state index contributed by atoms with van der Waals surface area (Å²) in [6.45, 7) is 6.01. The fourth-order valence-corrected chi connectivity index (χ4v) is 2.21. The zero-order valence-electron chi connectivity index (χ0n) is 9.21. The number of aromatic nitrogens is 1. The van der Waals surface area contributed by atoms with Gasteiger partial charge in [-0.2, -0.15) is 0 Å². The van der Waals surface area contributed by atoms with E-state index in [0.717, 1.165) is 31.9 Å². The van der Waals surface area contributed by atoms with Gasteiger partial charge < -0.3 is 5.32 Å². The highest BCUT2D eigenvalue weighted by Gasteiger charge is 2.19. The Bertz CT molecular complexity index is 370. The molecule has 1 fully saturated rings. The van der Waals surface area contributed by atoms with E-state index in [2.05, 4.69) is 22.1 Å². The topological polar surface area (TPSA) is 28.2 Å². The Kier molecular flexibility index (Phi) is 4.03. The average Bonchev–Trinajstić information content (AvgIpc) is 2.27. The van der Waals surface area contributed by atoms with E-state index in [1.807, 2.05) is 0 Å². The molecule has 1 aromatic heterocycles. The molecule has 2 rings (SSSR count). The monoisotopic (exact) mass is 259 g/mol. The number of halogens is 2. The maximum atomic E-state index is 6.10. The number of pyridine rings is 1. The van der Waals surface area contributed by atoms with Crippen molar-refractivity contribution in [2.75, 3.05) is 19.6 Å². The average molecular weight is 260 g/mol. The molecule has 3 nitrogen and oxygen atoms in total. The highest BCUT2D eigenvalue weighted by Crippen LogP contribution is 2.19. The van der Waals surface area contributed by atoms with Crippen molar-refractivity contribution in [3.8, 4) is 0 Å². The van der Waals surface area contributed by atoms with Gasteiger partial charge in [-0.05, 0) is 19.1 Å². The molecule has 16 heavy (non-hydrogen) atoms. The second kappa shape index (κ2) is 5.32. The zero-order valence-corrected chi connectivity index (χ0v) is 10.7. The summed E-state index contributed by atoms with van der Waals surface area (Å²) in [4.78, 5) is 6.63. The molecule has 1 atom stereocenters. The molecule has 1 aliphatic heterocycles. The van der Waals surface area contributed by atoms with Crippen molar-refractivity contribution in [3.05, 3.63) is 28.0 Å². The van der Waals surface area contributed by atoms with Crippen LogP contribution in [0.5, 0.6) is 0 Å². The fourth-order valence-electron chi connectivity index (χ4n) is 1.88. The van der Waals surface area contributed by atoms with Crippen LogP contribution < -0.4 is 5.32 Å². The molecule has 0 spiro atoms. The molecule has 1 N–H and O–H groups in total. The third kappa shape index (κ3) is 2.86. The minimum Gasteiger partial charge on any atom is -0.314 e. The maximum absolute atomic E-state index is 6.10. The van der Waals surface area contributed by atoms with E-state index in [9.17, 15) is 0 Å². The lowest BCUT2D eigenvalue weighted by molar-refractivity contribution is 0.164. The predicted octanol–water partition coefficient (Wildman–Crippen LogP) is 2.18. The van der Waals surface area contributed by atoms with Crippen LogP contribution in [-0.2, 0) is 6.54 Å². The number of hydrogen-bond donors (Lipinski definition) is 1. The van der Waals surface area contributed by atoms with Crippen molar-refractivity contribution in [1.82, 2.24) is 15.2 Å². The van der Waals surface area contributed by atoms with Crippen molar-refractivity contribution in [2.45, 2.75) is 19.5 Å². The first-order valence-electron chi connectivity index (χ1n) is 5.42. The molecule has 2 heterocycles. The van der Waals surface area contributed by atoms with Crippen molar-refractivity contribution in [3.63, 3.8) is 0 Å². The first-order valence-corrected chi connectivity index (χ1v) is 6.18. The number of nitrogens with one attached hydrogen (secondary N) is 1. The normalized spacial score (nSPS) is 22.3. The van der Waals surface area contributed by atoms with Gasteiger partial charge in [-0.3, -0.25) is 4.90 Å². The molecule has 0 aliphatic carbocycles. The van der Waals surface area contributed by atoms with Crippen LogP contribution in [0.15, 0.2) is 12.1 Å². The number of piperazine rings is 1. The van der Waals surface area contributed by atoms with Gasteiger partial charge in [-0.15, -0.1) is 0 Å². The third-order valence-corrected chi connectivity index (χ3v) is 3.43. The van der Waals surface area contributed by atoms with Crippen LogP contribution in [0.4, 0.5) is 0 Å². The lowest BCUT2D eigenvalue weighted by Gasteiger charge is -2.33. The molecule has 0 radical (unpaired) electrons. The number of hydrogen-bond acceptors (Lipinski definition) is 3. The maximum Gasteiger partial charge on any atom is 0.129 e. The van der Waals surface area contributed by atoms with Crippen LogP contribution >= 0.6 is 23.2 Å². The summed E-state index contributed by atoms with van der Waals surface area (Å²) in [6, 6.07) is 4.03. The van der Waals surface area contributed by atoms with Gasteiger partial charge in [0.1, 0.15) is 5.15 Å². The second-order valence-corrected chi connectivity index (χ2v) is 4.88. The Morgan fingerprint density at radius 1 is 1.50 bits per heavy atom. The molecule has 0 aromatic carbocycles. The smallest absolute Gasteiger partial charge is 0.129 e. The molecule has 0 unspecified atom stereocenters. The summed E-state index contributed by atoms with van der Waals surface area (Å²) in [5, 5.41) is 4.55. The van der Waals surface area contributed by atoms with E-state index in [4.69, 9.17) is 23.2 Å². The molecular formula is C11H15Cl2N3. The Morgan fingerprint density at radius 2 is 2.31 bits per heavy atom. The molecule has 0 saturated carbocycles. The summed E-state index contributed by atoms with van der Waals surface area (Å²) in [5.74, 6) is 0. The lowest BCUT2D eigenvalue weighted by Crippen LogP contribution is -2.49. The summed E-state index contributed by atoms with van der Waals surface area (Å²) in [7, 11) is 0. The first-order chi connectivity index (χ1) is 7.66. The van der Waals surface area contributed by atoms with Crippen LogP contribution in [-0.4, -0.2) is 35.6 Å². The van der Waals surface area contributed by atoms with Crippen LogP contribution in [0.1, 0.15) is 12.6 Å². The lowest BCUT2D eigenvalue weighted by atomic mass is 10.2. The molecular weight excluding hydrogens is 245 g/mol. The molecule has 0 amide bonds. The molecule has 1 aliphatic rings. The van der Waals surface area contributed by atoms with E-state index < -0.39 is 0 Å². The number of nitrogens with zero attached hydrogens (tertiary/aromatic N) is 2. The highest BCUT2D eigenvalue weighted by atomic mass is 35.5. The first kappa shape index (κ1) is 12.1. The van der Waals surface area contributed by atoms with Gasteiger partial charge >= 0.3 is 0 Å². The Balaban J connectivity index is 2.10. The molecule has 1 saturated heterocycles. The summed E-state index contributed by atoms with van der Waals surface area (Å²) in [5.41, 5.74) is 0.864.